The zero-order valence-electron chi connectivity index (χ0n) is 11.2. The van der Waals surface area contributed by atoms with Gasteiger partial charge in [0, 0.05) is 37.1 Å². The van der Waals surface area contributed by atoms with E-state index in [1.54, 1.807) is 12.4 Å². The molecule has 1 amide bonds. The average molecular weight is 251 g/mol. The molecule has 1 aromatic heterocycles. The molecule has 18 heavy (non-hydrogen) atoms. The third kappa shape index (κ3) is 4.29. The van der Waals surface area contributed by atoms with E-state index in [1.165, 1.54) is 0 Å². The first-order valence-electron chi connectivity index (χ1n) is 6.12. The number of hydrogen-bond donors (Lipinski definition) is 2. The lowest BCUT2D eigenvalue weighted by Gasteiger charge is -2.20. The fraction of sp³-hybridized carbons (Fsp3) is 0.583. The van der Waals surface area contributed by atoms with Crippen molar-refractivity contribution < 1.29 is 4.79 Å². The Morgan fingerprint density at radius 1 is 1.44 bits per heavy atom. The van der Waals surface area contributed by atoms with Gasteiger partial charge in [-0.15, -0.1) is 0 Å². The summed E-state index contributed by atoms with van der Waals surface area (Å²) in [5.74, 6) is 0.520. The van der Waals surface area contributed by atoms with Crippen LogP contribution in [0.2, 0.25) is 0 Å². The number of nitrogens with zero attached hydrogens (tertiary/aromatic N) is 3. The number of amides is 1. The van der Waals surface area contributed by atoms with Crippen molar-refractivity contribution in [2.75, 3.05) is 18.0 Å². The van der Waals surface area contributed by atoms with Gasteiger partial charge in [-0.1, -0.05) is 0 Å². The molecule has 1 heterocycles. The zero-order chi connectivity index (χ0) is 13.5. The van der Waals surface area contributed by atoms with Crippen LogP contribution in [-0.4, -0.2) is 35.0 Å². The topological polar surface area (TPSA) is 84.1 Å². The summed E-state index contributed by atoms with van der Waals surface area (Å²) in [4.78, 5) is 21.9. The SMILES string of the molecule is CCN(CC(=O)NC(C)C)c1ncc(CN)cn1. The number of aromatic nitrogens is 2. The first-order valence-corrected chi connectivity index (χ1v) is 6.12. The highest BCUT2D eigenvalue weighted by atomic mass is 16.2. The van der Waals surface area contributed by atoms with E-state index in [4.69, 9.17) is 5.73 Å². The Hall–Kier alpha value is -1.69. The lowest BCUT2D eigenvalue weighted by Crippen LogP contribution is -2.40. The summed E-state index contributed by atoms with van der Waals surface area (Å²) in [5, 5.41) is 2.84. The third-order valence-corrected chi connectivity index (χ3v) is 2.38. The molecule has 0 aliphatic rings. The normalized spacial score (nSPS) is 10.5. The molecule has 0 atom stereocenters. The number of rotatable bonds is 6. The van der Waals surface area contributed by atoms with Crippen LogP contribution in [0, 0.1) is 0 Å². The van der Waals surface area contributed by atoms with E-state index in [9.17, 15) is 4.79 Å². The molecule has 0 aliphatic heterocycles. The summed E-state index contributed by atoms with van der Waals surface area (Å²) in [6.45, 7) is 7.18. The van der Waals surface area contributed by atoms with Gasteiger partial charge in [-0.25, -0.2) is 9.97 Å². The van der Waals surface area contributed by atoms with Gasteiger partial charge < -0.3 is 16.0 Å². The molecule has 0 radical (unpaired) electrons. The summed E-state index contributed by atoms with van der Waals surface area (Å²) >= 11 is 0. The van der Waals surface area contributed by atoms with Crippen molar-refractivity contribution in [3.63, 3.8) is 0 Å². The molecule has 0 aromatic carbocycles. The minimum Gasteiger partial charge on any atom is -0.352 e. The second kappa shape index (κ2) is 6.90. The van der Waals surface area contributed by atoms with Crippen LogP contribution in [0.1, 0.15) is 26.3 Å². The van der Waals surface area contributed by atoms with Crippen molar-refractivity contribution in [3.8, 4) is 0 Å². The van der Waals surface area contributed by atoms with Crippen LogP contribution in [0.3, 0.4) is 0 Å². The van der Waals surface area contributed by atoms with E-state index in [1.807, 2.05) is 25.7 Å². The van der Waals surface area contributed by atoms with E-state index in [-0.39, 0.29) is 18.5 Å². The minimum absolute atomic E-state index is 0.0293. The highest BCUT2D eigenvalue weighted by Crippen LogP contribution is 2.06. The molecule has 0 spiro atoms. The quantitative estimate of drug-likeness (QED) is 0.759. The van der Waals surface area contributed by atoms with Crippen molar-refractivity contribution in [1.29, 1.82) is 0 Å². The lowest BCUT2D eigenvalue weighted by atomic mass is 10.3. The summed E-state index contributed by atoms with van der Waals surface area (Å²) in [6.07, 6.45) is 3.37. The Bertz CT molecular complexity index is 377. The molecule has 6 nitrogen and oxygen atoms in total. The molecular weight excluding hydrogens is 230 g/mol. The largest absolute Gasteiger partial charge is 0.352 e. The average Bonchev–Trinajstić information content (AvgIpc) is 2.35. The Labute approximate surface area is 108 Å². The molecule has 0 fully saturated rings. The van der Waals surface area contributed by atoms with Crippen LogP contribution < -0.4 is 16.0 Å². The Morgan fingerprint density at radius 2 is 2.06 bits per heavy atom. The summed E-state index contributed by atoms with van der Waals surface area (Å²) in [6, 6.07) is 0.136. The molecule has 1 rings (SSSR count). The predicted octanol–water partition coefficient (Wildman–Crippen LogP) is 0.286. The second-order valence-corrected chi connectivity index (χ2v) is 4.33. The number of likely N-dealkylation sites (N-methyl/N-ethyl adjacent to an activating group) is 1. The fourth-order valence-corrected chi connectivity index (χ4v) is 1.48. The molecule has 0 aliphatic carbocycles. The van der Waals surface area contributed by atoms with Gasteiger partial charge >= 0.3 is 0 Å². The monoisotopic (exact) mass is 251 g/mol. The molecule has 0 unspecified atom stereocenters. The minimum atomic E-state index is -0.0293. The third-order valence-electron chi connectivity index (χ3n) is 2.38. The van der Waals surface area contributed by atoms with Crippen molar-refractivity contribution in [2.45, 2.75) is 33.4 Å². The second-order valence-electron chi connectivity index (χ2n) is 4.33. The lowest BCUT2D eigenvalue weighted by molar-refractivity contribution is -0.120. The Kier molecular flexibility index (Phi) is 5.51. The highest BCUT2D eigenvalue weighted by molar-refractivity contribution is 5.80. The van der Waals surface area contributed by atoms with Crippen LogP contribution >= 0.6 is 0 Å². The molecule has 0 bridgehead atoms. The van der Waals surface area contributed by atoms with Gasteiger partial charge in [-0.05, 0) is 20.8 Å². The Balaban J connectivity index is 2.67. The van der Waals surface area contributed by atoms with Crippen LogP contribution in [0.5, 0.6) is 0 Å². The first-order chi connectivity index (χ1) is 8.56. The maximum atomic E-state index is 11.7. The first kappa shape index (κ1) is 14.4. The summed E-state index contributed by atoms with van der Waals surface area (Å²) < 4.78 is 0. The number of anilines is 1. The van der Waals surface area contributed by atoms with Gasteiger partial charge in [-0.2, -0.15) is 0 Å². The maximum Gasteiger partial charge on any atom is 0.239 e. The molecule has 100 valence electrons. The van der Waals surface area contributed by atoms with Gasteiger partial charge in [0.1, 0.15) is 0 Å². The number of hydrogen-bond acceptors (Lipinski definition) is 5. The summed E-state index contributed by atoms with van der Waals surface area (Å²) in [7, 11) is 0. The maximum absolute atomic E-state index is 11.7. The van der Waals surface area contributed by atoms with E-state index >= 15 is 0 Å². The van der Waals surface area contributed by atoms with Gasteiger partial charge in [0.25, 0.3) is 0 Å². The molecule has 0 saturated carbocycles. The van der Waals surface area contributed by atoms with Crippen LogP contribution in [-0.2, 0) is 11.3 Å². The number of carbonyl (C=O) groups excluding carboxylic acids is 1. The number of nitrogens with one attached hydrogen (secondary N) is 1. The van der Waals surface area contributed by atoms with Crippen molar-refractivity contribution in [2.24, 2.45) is 5.73 Å². The fourth-order valence-electron chi connectivity index (χ4n) is 1.48. The number of carbonyl (C=O) groups is 1. The standard InChI is InChI=1S/C12H21N5O/c1-4-17(8-11(18)16-9(2)3)12-14-6-10(5-13)7-15-12/h6-7,9H,4-5,8,13H2,1-3H3,(H,16,18). The predicted molar refractivity (Wildman–Crippen MR) is 71.1 cm³/mol. The zero-order valence-corrected chi connectivity index (χ0v) is 11.2. The van der Waals surface area contributed by atoms with Crippen LogP contribution in [0.15, 0.2) is 12.4 Å². The van der Waals surface area contributed by atoms with E-state index in [0.29, 0.717) is 19.0 Å². The van der Waals surface area contributed by atoms with Crippen molar-refractivity contribution in [1.82, 2.24) is 15.3 Å². The van der Waals surface area contributed by atoms with E-state index in [2.05, 4.69) is 15.3 Å². The summed E-state index contributed by atoms with van der Waals surface area (Å²) in [5.41, 5.74) is 6.36. The van der Waals surface area contributed by atoms with Crippen LogP contribution in [0.25, 0.3) is 0 Å². The Morgan fingerprint density at radius 3 is 2.50 bits per heavy atom. The molecule has 3 N–H and O–H groups in total. The van der Waals surface area contributed by atoms with Gasteiger partial charge in [-0.3, -0.25) is 4.79 Å². The van der Waals surface area contributed by atoms with E-state index < -0.39 is 0 Å². The van der Waals surface area contributed by atoms with Gasteiger partial charge in [0.05, 0.1) is 6.54 Å². The van der Waals surface area contributed by atoms with E-state index in [0.717, 1.165) is 5.56 Å². The smallest absolute Gasteiger partial charge is 0.239 e. The van der Waals surface area contributed by atoms with Crippen LogP contribution in [0.4, 0.5) is 5.95 Å². The highest BCUT2D eigenvalue weighted by Gasteiger charge is 2.12. The van der Waals surface area contributed by atoms with Crippen molar-refractivity contribution >= 4 is 11.9 Å². The molecule has 6 heteroatoms. The molecule has 0 saturated heterocycles. The molecular formula is C12H21N5O. The molecule has 1 aromatic rings. The van der Waals surface area contributed by atoms with Crippen molar-refractivity contribution in [3.05, 3.63) is 18.0 Å². The van der Waals surface area contributed by atoms with Gasteiger partial charge in [0.2, 0.25) is 11.9 Å². The van der Waals surface area contributed by atoms with Gasteiger partial charge in [0.15, 0.2) is 0 Å². The number of nitrogens with two attached hydrogens (primary N) is 1.